The SMILES string of the molecule is Cc1occc1CN(C)S(=O)(=O)c1ccc(CN)nc1. The molecule has 0 aromatic carbocycles. The van der Waals surface area contributed by atoms with Crippen LogP contribution in [0.15, 0.2) is 40.0 Å². The van der Waals surface area contributed by atoms with Gasteiger partial charge >= 0.3 is 0 Å². The Hall–Kier alpha value is -1.70. The molecule has 108 valence electrons. The van der Waals surface area contributed by atoms with Crippen LogP contribution in [0.2, 0.25) is 0 Å². The van der Waals surface area contributed by atoms with Gasteiger partial charge in [-0.3, -0.25) is 4.98 Å². The summed E-state index contributed by atoms with van der Waals surface area (Å²) in [5.74, 6) is 0.712. The molecule has 0 amide bonds. The molecule has 0 spiro atoms. The minimum Gasteiger partial charge on any atom is -0.469 e. The van der Waals surface area contributed by atoms with Crippen molar-refractivity contribution in [2.24, 2.45) is 5.73 Å². The smallest absolute Gasteiger partial charge is 0.244 e. The minimum atomic E-state index is -3.57. The van der Waals surface area contributed by atoms with E-state index in [1.165, 1.54) is 23.6 Å². The first-order valence-electron chi connectivity index (χ1n) is 6.09. The molecule has 2 N–H and O–H groups in total. The molecule has 2 aromatic heterocycles. The molecular formula is C13H17N3O3S. The molecule has 20 heavy (non-hydrogen) atoms. The predicted octanol–water partition coefficient (Wildman–Crippen LogP) is 1.26. The summed E-state index contributed by atoms with van der Waals surface area (Å²) >= 11 is 0. The third-order valence-corrected chi connectivity index (χ3v) is 4.86. The van der Waals surface area contributed by atoms with Gasteiger partial charge in [-0.1, -0.05) is 0 Å². The number of aromatic nitrogens is 1. The predicted molar refractivity (Wildman–Crippen MR) is 74.2 cm³/mol. The average molecular weight is 295 g/mol. The molecule has 0 saturated heterocycles. The quantitative estimate of drug-likeness (QED) is 0.897. The lowest BCUT2D eigenvalue weighted by Crippen LogP contribution is -2.26. The van der Waals surface area contributed by atoms with Gasteiger partial charge < -0.3 is 10.2 Å². The molecular weight excluding hydrogens is 278 g/mol. The summed E-state index contributed by atoms with van der Waals surface area (Å²) in [5.41, 5.74) is 6.93. The summed E-state index contributed by atoms with van der Waals surface area (Å²) in [7, 11) is -2.04. The van der Waals surface area contributed by atoms with Crippen molar-refractivity contribution in [1.29, 1.82) is 0 Å². The molecule has 0 unspecified atom stereocenters. The summed E-state index contributed by atoms with van der Waals surface area (Å²) < 4.78 is 31.2. The van der Waals surface area contributed by atoms with Gasteiger partial charge in [-0.15, -0.1) is 0 Å². The molecule has 0 aliphatic rings. The Morgan fingerprint density at radius 1 is 1.35 bits per heavy atom. The fourth-order valence-electron chi connectivity index (χ4n) is 1.76. The van der Waals surface area contributed by atoms with E-state index in [-0.39, 0.29) is 18.0 Å². The number of pyridine rings is 1. The van der Waals surface area contributed by atoms with E-state index < -0.39 is 10.0 Å². The maximum absolute atomic E-state index is 12.4. The highest BCUT2D eigenvalue weighted by atomic mass is 32.2. The summed E-state index contributed by atoms with van der Waals surface area (Å²) in [4.78, 5) is 4.16. The highest BCUT2D eigenvalue weighted by Gasteiger charge is 2.22. The molecule has 0 atom stereocenters. The lowest BCUT2D eigenvalue weighted by atomic mass is 10.3. The summed E-state index contributed by atoms with van der Waals surface area (Å²) in [6, 6.07) is 4.89. The van der Waals surface area contributed by atoms with Gasteiger partial charge in [-0.05, 0) is 25.1 Å². The molecule has 6 nitrogen and oxygen atoms in total. The normalized spacial score (nSPS) is 12.0. The number of hydrogen-bond donors (Lipinski definition) is 1. The van der Waals surface area contributed by atoms with E-state index in [9.17, 15) is 8.42 Å². The highest BCUT2D eigenvalue weighted by Crippen LogP contribution is 2.18. The summed E-state index contributed by atoms with van der Waals surface area (Å²) in [6.07, 6.45) is 2.87. The van der Waals surface area contributed by atoms with Crippen molar-refractivity contribution in [2.75, 3.05) is 7.05 Å². The van der Waals surface area contributed by atoms with Gasteiger partial charge in [0, 0.05) is 31.9 Å². The minimum absolute atomic E-state index is 0.151. The van der Waals surface area contributed by atoms with Crippen molar-refractivity contribution < 1.29 is 12.8 Å². The van der Waals surface area contributed by atoms with E-state index in [2.05, 4.69) is 4.98 Å². The zero-order valence-corrected chi connectivity index (χ0v) is 12.2. The average Bonchev–Trinajstić information content (AvgIpc) is 2.84. The molecule has 2 rings (SSSR count). The Morgan fingerprint density at radius 3 is 2.60 bits per heavy atom. The molecule has 2 aromatic rings. The molecule has 0 saturated carbocycles. The van der Waals surface area contributed by atoms with Crippen molar-refractivity contribution in [3.05, 3.63) is 47.7 Å². The molecule has 0 radical (unpaired) electrons. The fraction of sp³-hybridized carbons (Fsp3) is 0.308. The fourth-order valence-corrected chi connectivity index (χ4v) is 2.86. The van der Waals surface area contributed by atoms with Gasteiger partial charge in [0.1, 0.15) is 10.7 Å². The van der Waals surface area contributed by atoms with Crippen LogP contribution in [0.25, 0.3) is 0 Å². The van der Waals surface area contributed by atoms with Crippen LogP contribution in [0.3, 0.4) is 0 Å². The lowest BCUT2D eigenvalue weighted by Gasteiger charge is -2.16. The number of furan rings is 1. The summed E-state index contributed by atoms with van der Waals surface area (Å²) in [6.45, 7) is 2.33. The largest absolute Gasteiger partial charge is 0.469 e. The molecule has 0 fully saturated rings. The van der Waals surface area contributed by atoms with Crippen molar-refractivity contribution >= 4 is 10.0 Å². The Kier molecular flexibility index (Phi) is 4.22. The van der Waals surface area contributed by atoms with Crippen LogP contribution >= 0.6 is 0 Å². The number of sulfonamides is 1. The second-order valence-corrected chi connectivity index (χ2v) is 6.50. The zero-order chi connectivity index (χ0) is 14.8. The number of rotatable bonds is 5. The lowest BCUT2D eigenvalue weighted by molar-refractivity contribution is 0.458. The van der Waals surface area contributed by atoms with Crippen LogP contribution < -0.4 is 5.73 Å². The first kappa shape index (κ1) is 14.7. The van der Waals surface area contributed by atoms with E-state index >= 15 is 0 Å². The number of aryl methyl sites for hydroxylation is 1. The standard InChI is InChI=1S/C13H17N3O3S/c1-10-11(5-6-19-10)9-16(2)20(17,18)13-4-3-12(7-14)15-8-13/h3-6,8H,7,9,14H2,1-2H3. The Morgan fingerprint density at radius 2 is 2.10 bits per heavy atom. The third kappa shape index (κ3) is 2.90. The Balaban J connectivity index is 2.22. The van der Waals surface area contributed by atoms with Gasteiger partial charge in [0.2, 0.25) is 10.0 Å². The van der Waals surface area contributed by atoms with Crippen molar-refractivity contribution in [3.63, 3.8) is 0 Å². The molecule has 0 aliphatic carbocycles. The highest BCUT2D eigenvalue weighted by molar-refractivity contribution is 7.89. The topological polar surface area (TPSA) is 89.4 Å². The van der Waals surface area contributed by atoms with E-state index in [0.717, 1.165) is 5.56 Å². The Bertz CT molecular complexity index is 677. The van der Waals surface area contributed by atoms with Gasteiger partial charge in [-0.2, -0.15) is 4.31 Å². The van der Waals surface area contributed by atoms with Gasteiger partial charge in [0.25, 0.3) is 0 Å². The zero-order valence-electron chi connectivity index (χ0n) is 11.4. The van der Waals surface area contributed by atoms with E-state index in [0.29, 0.717) is 11.5 Å². The van der Waals surface area contributed by atoms with Crippen LogP contribution in [0.1, 0.15) is 17.0 Å². The maximum atomic E-state index is 12.4. The van der Waals surface area contributed by atoms with Crippen molar-refractivity contribution in [1.82, 2.24) is 9.29 Å². The van der Waals surface area contributed by atoms with E-state index in [1.54, 1.807) is 25.3 Å². The van der Waals surface area contributed by atoms with Gasteiger partial charge in [-0.25, -0.2) is 8.42 Å². The van der Waals surface area contributed by atoms with E-state index in [1.807, 2.05) is 0 Å². The van der Waals surface area contributed by atoms with Crippen LogP contribution in [-0.4, -0.2) is 24.8 Å². The second kappa shape index (κ2) is 5.74. The van der Waals surface area contributed by atoms with E-state index in [4.69, 9.17) is 10.2 Å². The third-order valence-electron chi connectivity index (χ3n) is 3.07. The molecule has 0 bridgehead atoms. The van der Waals surface area contributed by atoms with Crippen molar-refractivity contribution in [2.45, 2.75) is 24.9 Å². The van der Waals surface area contributed by atoms with Crippen LogP contribution in [-0.2, 0) is 23.1 Å². The van der Waals surface area contributed by atoms with Crippen LogP contribution in [0, 0.1) is 6.92 Å². The first-order valence-corrected chi connectivity index (χ1v) is 7.53. The Labute approximate surface area is 118 Å². The summed E-state index contributed by atoms with van der Waals surface area (Å²) in [5, 5.41) is 0. The monoisotopic (exact) mass is 295 g/mol. The number of nitrogens with two attached hydrogens (primary N) is 1. The molecule has 2 heterocycles. The van der Waals surface area contributed by atoms with Gasteiger partial charge in [0.05, 0.1) is 12.0 Å². The first-order chi connectivity index (χ1) is 9.45. The molecule has 7 heteroatoms. The van der Waals surface area contributed by atoms with Gasteiger partial charge in [0.15, 0.2) is 0 Å². The number of nitrogens with zero attached hydrogens (tertiary/aromatic N) is 2. The van der Waals surface area contributed by atoms with Crippen LogP contribution in [0.4, 0.5) is 0 Å². The number of hydrogen-bond acceptors (Lipinski definition) is 5. The second-order valence-electron chi connectivity index (χ2n) is 4.45. The maximum Gasteiger partial charge on any atom is 0.244 e. The molecule has 0 aliphatic heterocycles. The van der Waals surface area contributed by atoms with Crippen LogP contribution in [0.5, 0.6) is 0 Å². The van der Waals surface area contributed by atoms with Crippen molar-refractivity contribution in [3.8, 4) is 0 Å².